The van der Waals surface area contributed by atoms with Crippen molar-refractivity contribution in [3.8, 4) is 0 Å². The molecule has 0 spiro atoms. The van der Waals surface area contributed by atoms with Gasteiger partial charge in [0.05, 0.1) is 11.4 Å². The van der Waals surface area contributed by atoms with E-state index in [2.05, 4.69) is 4.98 Å². The summed E-state index contributed by atoms with van der Waals surface area (Å²) in [5, 5.41) is 8.80. The van der Waals surface area contributed by atoms with Crippen LogP contribution in [-0.4, -0.2) is 20.6 Å². The molecule has 1 aromatic heterocycles. The van der Waals surface area contributed by atoms with E-state index in [4.69, 9.17) is 5.11 Å². The van der Waals surface area contributed by atoms with E-state index in [1.807, 2.05) is 0 Å². The van der Waals surface area contributed by atoms with Crippen LogP contribution in [0.4, 0.5) is 4.39 Å². The highest BCUT2D eigenvalue weighted by Crippen LogP contribution is 2.14. The molecule has 1 atom stereocenters. The fourth-order valence-electron chi connectivity index (χ4n) is 1.68. The van der Waals surface area contributed by atoms with Crippen molar-refractivity contribution in [1.82, 2.24) is 9.55 Å². The Bertz CT molecular complexity index is 629. The van der Waals surface area contributed by atoms with Crippen molar-refractivity contribution in [3.63, 3.8) is 0 Å². The maximum atomic E-state index is 13.4. The van der Waals surface area contributed by atoms with Crippen molar-refractivity contribution in [2.75, 3.05) is 0 Å². The number of imidazole rings is 1. The molecule has 0 saturated heterocycles. The molecule has 1 unspecified atom stereocenters. The van der Waals surface area contributed by atoms with E-state index >= 15 is 0 Å². The van der Waals surface area contributed by atoms with Crippen LogP contribution in [0.5, 0.6) is 0 Å². The smallest absolute Gasteiger partial charge is 0.326 e. The van der Waals surface area contributed by atoms with Crippen molar-refractivity contribution in [1.29, 1.82) is 0 Å². The van der Waals surface area contributed by atoms with Crippen molar-refractivity contribution < 1.29 is 14.3 Å². The number of carbonyl (C=O) groups is 1. The highest BCUT2D eigenvalue weighted by molar-refractivity contribution is 5.76. The van der Waals surface area contributed by atoms with Gasteiger partial charge in [-0.3, -0.25) is 9.36 Å². The average Bonchev–Trinajstić information content (AvgIpc) is 2.58. The van der Waals surface area contributed by atoms with Gasteiger partial charge in [0.25, 0.3) is 0 Å². The molecule has 1 aromatic carbocycles. The number of hydrogen-bond acceptors (Lipinski definition) is 2. The molecule has 17 heavy (non-hydrogen) atoms. The first-order chi connectivity index (χ1) is 8.00. The number of carboxylic acids is 1. The van der Waals surface area contributed by atoms with Gasteiger partial charge < -0.3 is 10.1 Å². The number of fused-ring (bicyclic) bond motifs is 1. The molecule has 0 aliphatic carbocycles. The molecule has 0 saturated carbocycles. The lowest BCUT2D eigenvalue weighted by Crippen LogP contribution is -2.24. The molecule has 0 aliphatic heterocycles. The average molecular weight is 238 g/mol. The summed E-state index contributed by atoms with van der Waals surface area (Å²) in [5.41, 5.74) is -0.0172. The summed E-state index contributed by atoms with van der Waals surface area (Å²) in [5.74, 6) is -2.24. The van der Waals surface area contributed by atoms with Crippen LogP contribution >= 0.6 is 0 Å². The fraction of sp³-hybridized carbons (Fsp3) is 0.273. The third kappa shape index (κ3) is 1.93. The van der Waals surface area contributed by atoms with E-state index in [0.29, 0.717) is 5.52 Å². The predicted molar refractivity (Wildman–Crippen MR) is 59.3 cm³/mol. The lowest BCUT2D eigenvalue weighted by Gasteiger charge is -2.07. The number of rotatable bonds is 3. The fourth-order valence-corrected chi connectivity index (χ4v) is 1.68. The first-order valence-corrected chi connectivity index (χ1v) is 5.10. The van der Waals surface area contributed by atoms with Gasteiger partial charge in [0, 0.05) is 6.54 Å². The molecule has 1 heterocycles. The maximum absolute atomic E-state index is 13.4. The van der Waals surface area contributed by atoms with Crippen LogP contribution < -0.4 is 5.69 Å². The van der Waals surface area contributed by atoms with Gasteiger partial charge in [-0.25, -0.2) is 9.18 Å². The second-order valence-corrected chi connectivity index (χ2v) is 3.91. The number of para-hydroxylation sites is 1. The number of aromatic nitrogens is 2. The second-order valence-electron chi connectivity index (χ2n) is 3.91. The lowest BCUT2D eigenvalue weighted by molar-refractivity contribution is -0.141. The van der Waals surface area contributed by atoms with Gasteiger partial charge in [-0.05, 0) is 12.1 Å². The third-order valence-corrected chi connectivity index (χ3v) is 2.64. The van der Waals surface area contributed by atoms with Gasteiger partial charge in [-0.2, -0.15) is 0 Å². The summed E-state index contributed by atoms with van der Waals surface area (Å²) in [6.07, 6.45) is 0. The Morgan fingerprint density at radius 2 is 2.29 bits per heavy atom. The zero-order valence-corrected chi connectivity index (χ0v) is 9.11. The minimum atomic E-state index is -0.998. The Morgan fingerprint density at radius 3 is 2.94 bits per heavy atom. The maximum Gasteiger partial charge on any atom is 0.326 e. The van der Waals surface area contributed by atoms with Crippen molar-refractivity contribution >= 4 is 17.0 Å². The highest BCUT2D eigenvalue weighted by Gasteiger charge is 2.16. The second kappa shape index (κ2) is 4.04. The number of nitrogens with one attached hydrogen (secondary N) is 1. The van der Waals surface area contributed by atoms with Crippen LogP contribution in [0.1, 0.15) is 6.92 Å². The zero-order chi connectivity index (χ0) is 12.6. The van der Waals surface area contributed by atoms with Gasteiger partial charge in [0.15, 0.2) is 0 Å². The number of nitrogens with zero attached hydrogens (tertiary/aromatic N) is 1. The number of hydrogen-bond donors (Lipinski definition) is 2. The summed E-state index contributed by atoms with van der Waals surface area (Å²) < 4.78 is 14.6. The summed E-state index contributed by atoms with van der Waals surface area (Å²) >= 11 is 0. The SMILES string of the molecule is CC(Cn1c(=O)[nH]c2c(F)cccc21)C(=O)O. The predicted octanol–water partition coefficient (Wildman–Crippen LogP) is 1.19. The minimum Gasteiger partial charge on any atom is -0.481 e. The van der Waals surface area contributed by atoms with Gasteiger partial charge in [-0.1, -0.05) is 13.0 Å². The minimum absolute atomic E-state index is 0.0115. The van der Waals surface area contributed by atoms with Gasteiger partial charge in [0.1, 0.15) is 11.3 Å². The van der Waals surface area contributed by atoms with E-state index < -0.39 is 23.4 Å². The van der Waals surface area contributed by atoms with Crippen LogP contribution in [0.25, 0.3) is 11.0 Å². The Morgan fingerprint density at radius 1 is 1.59 bits per heavy atom. The summed E-state index contributed by atoms with van der Waals surface area (Å²) in [7, 11) is 0. The lowest BCUT2D eigenvalue weighted by atomic mass is 10.2. The van der Waals surface area contributed by atoms with E-state index in [1.165, 1.54) is 23.6 Å². The van der Waals surface area contributed by atoms with Gasteiger partial charge >= 0.3 is 11.7 Å². The van der Waals surface area contributed by atoms with E-state index in [-0.39, 0.29) is 12.1 Å². The Kier molecular flexibility index (Phi) is 2.71. The van der Waals surface area contributed by atoms with Gasteiger partial charge in [0.2, 0.25) is 0 Å². The molecule has 2 N–H and O–H groups in total. The number of benzene rings is 1. The van der Waals surface area contributed by atoms with E-state index in [1.54, 1.807) is 6.07 Å². The summed E-state index contributed by atoms with van der Waals surface area (Å²) in [6, 6.07) is 4.29. The molecule has 2 aromatic rings. The van der Waals surface area contributed by atoms with E-state index in [9.17, 15) is 14.0 Å². The third-order valence-electron chi connectivity index (χ3n) is 2.64. The number of H-pyrrole nitrogens is 1. The molecule has 90 valence electrons. The normalized spacial score (nSPS) is 12.8. The van der Waals surface area contributed by atoms with Crippen molar-refractivity contribution in [2.45, 2.75) is 13.5 Å². The number of halogens is 1. The number of aliphatic carboxylic acids is 1. The largest absolute Gasteiger partial charge is 0.481 e. The highest BCUT2D eigenvalue weighted by atomic mass is 19.1. The number of aromatic amines is 1. The van der Waals surface area contributed by atoms with Crippen LogP contribution in [0, 0.1) is 11.7 Å². The monoisotopic (exact) mass is 238 g/mol. The summed E-state index contributed by atoms with van der Waals surface area (Å²) in [4.78, 5) is 24.7. The first kappa shape index (κ1) is 11.4. The Balaban J connectivity index is 2.54. The molecule has 0 radical (unpaired) electrons. The first-order valence-electron chi connectivity index (χ1n) is 5.10. The molecule has 5 nitrogen and oxygen atoms in total. The molecule has 0 bridgehead atoms. The van der Waals surface area contributed by atoms with Crippen LogP contribution in [-0.2, 0) is 11.3 Å². The molecule has 6 heteroatoms. The number of carboxylic acid groups (broad SMARTS) is 1. The van der Waals surface area contributed by atoms with Gasteiger partial charge in [-0.15, -0.1) is 0 Å². The molecular formula is C11H11FN2O3. The molecule has 0 aliphatic rings. The van der Waals surface area contributed by atoms with Crippen molar-refractivity contribution in [2.24, 2.45) is 5.92 Å². The topological polar surface area (TPSA) is 75.1 Å². The Hall–Kier alpha value is -2.11. The zero-order valence-electron chi connectivity index (χ0n) is 9.11. The molecule has 2 rings (SSSR count). The quantitative estimate of drug-likeness (QED) is 0.843. The van der Waals surface area contributed by atoms with E-state index in [0.717, 1.165) is 0 Å². The summed E-state index contributed by atoms with van der Waals surface area (Å²) in [6.45, 7) is 1.50. The van der Waals surface area contributed by atoms with Crippen molar-refractivity contribution in [3.05, 3.63) is 34.5 Å². The van der Waals surface area contributed by atoms with Crippen LogP contribution in [0.3, 0.4) is 0 Å². The van der Waals surface area contributed by atoms with Crippen LogP contribution in [0.2, 0.25) is 0 Å². The molecule has 0 amide bonds. The molecular weight excluding hydrogens is 227 g/mol. The Labute approximate surface area is 95.5 Å². The van der Waals surface area contributed by atoms with Crippen LogP contribution in [0.15, 0.2) is 23.0 Å². The molecule has 0 fully saturated rings. The standard InChI is InChI=1S/C11H11FN2O3/c1-6(10(15)16)5-14-8-4-2-3-7(12)9(8)13-11(14)17/h2-4,6H,5H2,1H3,(H,13,17)(H,15,16).